The van der Waals surface area contributed by atoms with Crippen LogP contribution < -0.4 is 10.1 Å². The van der Waals surface area contributed by atoms with Crippen molar-refractivity contribution in [3.8, 4) is 5.75 Å². The summed E-state index contributed by atoms with van der Waals surface area (Å²) >= 11 is 0. The summed E-state index contributed by atoms with van der Waals surface area (Å²) in [5.74, 6) is -0.0756. The average molecular weight is 321 g/mol. The van der Waals surface area contributed by atoms with Gasteiger partial charge in [0.1, 0.15) is 5.75 Å². The van der Waals surface area contributed by atoms with Crippen LogP contribution in [-0.2, 0) is 9.59 Å². The summed E-state index contributed by atoms with van der Waals surface area (Å²) in [5.41, 5.74) is 0.293. The van der Waals surface area contributed by atoms with Gasteiger partial charge in [-0.3, -0.25) is 9.59 Å². The highest BCUT2D eigenvalue weighted by atomic mass is 16.5. The van der Waals surface area contributed by atoms with Crippen molar-refractivity contribution in [2.45, 2.75) is 53.1 Å². The predicted octanol–water partition coefficient (Wildman–Crippen LogP) is 3.19. The number of carbonyl (C=O) groups is 2. The molecule has 0 aliphatic carbocycles. The molecule has 2 N–H and O–H groups in total. The molecule has 0 fully saturated rings. The summed E-state index contributed by atoms with van der Waals surface area (Å²) in [6, 6.07) is 7.69. The van der Waals surface area contributed by atoms with Gasteiger partial charge in [0.15, 0.2) is 6.10 Å². The Morgan fingerprint density at radius 3 is 2.48 bits per heavy atom. The van der Waals surface area contributed by atoms with Crippen LogP contribution in [0, 0.1) is 5.41 Å². The summed E-state index contributed by atoms with van der Waals surface area (Å²) in [7, 11) is 0. The smallest absolute Gasteiger partial charge is 0.309 e. The first-order valence-electron chi connectivity index (χ1n) is 7.91. The summed E-state index contributed by atoms with van der Waals surface area (Å²) in [5, 5.41) is 11.8. The highest BCUT2D eigenvalue weighted by Gasteiger charge is 2.27. The van der Waals surface area contributed by atoms with Gasteiger partial charge in [-0.25, -0.2) is 0 Å². The van der Waals surface area contributed by atoms with Crippen molar-refractivity contribution in [3.05, 3.63) is 29.8 Å². The Hall–Kier alpha value is -2.04. The van der Waals surface area contributed by atoms with Crippen molar-refractivity contribution in [1.29, 1.82) is 0 Å². The van der Waals surface area contributed by atoms with Gasteiger partial charge in [0.05, 0.1) is 5.41 Å². The van der Waals surface area contributed by atoms with Gasteiger partial charge in [0.25, 0.3) is 5.91 Å². The highest BCUT2D eigenvalue weighted by Crippen LogP contribution is 2.21. The molecule has 0 bridgehead atoms. The summed E-state index contributed by atoms with van der Waals surface area (Å²) in [6.07, 6.45) is -0.269. The summed E-state index contributed by atoms with van der Waals surface area (Å²) < 4.78 is 5.67. The number of aliphatic carboxylic acids is 1. The molecule has 1 aromatic carbocycles. The number of nitrogens with one attached hydrogen (secondary N) is 1. The first-order chi connectivity index (χ1) is 10.6. The fraction of sp³-hybridized carbons (Fsp3) is 0.556. The quantitative estimate of drug-likeness (QED) is 0.771. The number of ether oxygens (including phenoxy) is 1. The van der Waals surface area contributed by atoms with E-state index in [-0.39, 0.29) is 5.91 Å². The van der Waals surface area contributed by atoms with Gasteiger partial charge in [-0.1, -0.05) is 26.0 Å². The molecule has 1 atom stereocenters. The topological polar surface area (TPSA) is 75.6 Å². The van der Waals surface area contributed by atoms with E-state index in [0.29, 0.717) is 24.6 Å². The van der Waals surface area contributed by atoms with Crippen molar-refractivity contribution in [3.63, 3.8) is 0 Å². The minimum Gasteiger partial charge on any atom is -0.481 e. The monoisotopic (exact) mass is 321 g/mol. The predicted molar refractivity (Wildman–Crippen MR) is 89.7 cm³/mol. The zero-order valence-electron chi connectivity index (χ0n) is 14.6. The molecule has 23 heavy (non-hydrogen) atoms. The first kappa shape index (κ1) is 19.0. The number of amides is 1. The van der Waals surface area contributed by atoms with Crippen LogP contribution in [0.2, 0.25) is 0 Å². The van der Waals surface area contributed by atoms with Gasteiger partial charge < -0.3 is 15.2 Å². The van der Waals surface area contributed by atoms with E-state index in [1.165, 1.54) is 0 Å². The molecule has 0 saturated heterocycles. The summed E-state index contributed by atoms with van der Waals surface area (Å²) in [4.78, 5) is 23.1. The minimum atomic E-state index is -0.874. The molecule has 0 aliphatic rings. The largest absolute Gasteiger partial charge is 0.481 e. The van der Waals surface area contributed by atoms with E-state index in [1.807, 2.05) is 24.3 Å². The molecule has 1 unspecified atom stereocenters. The van der Waals surface area contributed by atoms with Crippen LogP contribution in [0.4, 0.5) is 0 Å². The first-order valence-corrected chi connectivity index (χ1v) is 7.91. The van der Waals surface area contributed by atoms with Crippen molar-refractivity contribution in [2.75, 3.05) is 6.54 Å². The second-order valence-electron chi connectivity index (χ2n) is 6.72. The zero-order chi connectivity index (χ0) is 17.6. The minimum absolute atomic E-state index is 0.249. The molecule has 0 heterocycles. The Balaban J connectivity index is 2.51. The number of carboxylic acid groups (broad SMARTS) is 1. The van der Waals surface area contributed by atoms with Crippen LogP contribution in [-0.4, -0.2) is 29.6 Å². The third kappa shape index (κ3) is 5.93. The molecule has 5 nitrogen and oxygen atoms in total. The number of rotatable bonds is 8. The van der Waals surface area contributed by atoms with Crippen molar-refractivity contribution in [2.24, 2.45) is 5.41 Å². The van der Waals surface area contributed by atoms with E-state index in [1.54, 1.807) is 20.8 Å². The third-order valence-electron chi connectivity index (χ3n) is 3.84. The van der Waals surface area contributed by atoms with Gasteiger partial charge in [0.2, 0.25) is 0 Å². The molecule has 1 amide bonds. The maximum atomic E-state index is 12.0. The van der Waals surface area contributed by atoms with E-state index >= 15 is 0 Å². The van der Waals surface area contributed by atoms with E-state index in [4.69, 9.17) is 9.84 Å². The van der Waals surface area contributed by atoms with Crippen molar-refractivity contribution in [1.82, 2.24) is 5.32 Å². The number of benzene rings is 1. The maximum Gasteiger partial charge on any atom is 0.309 e. The molecular formula is C18H27NO4. The lowest BCUT2D eigenvalue weighted by Crippen LogP contribution is -2.39. The Kier molecular flexibility index (Phi) is 6.61. The van der Waals surface area contributed by atoms with Crippen LogP contribution in [0.5, 0.6) is 5.75 Å². The van der Waals surface area contributed by atoms with Crippen LogP contribution in [0.3, 0.4) is 0 Å². The number of carbonyl (C=O) groups excluding carboxylic acids is 1. The molecule has 0 aliphatic heterocycles. The molecule has 5 heteroatoms. The van der Waals surface area contributed by atoms with Gasteiger partial charge in [-0.15, -0.1) is 0 Å². The van der Waals surface area contributed by atoms with Crippen LogP contribution in [0.15, 0.2) is 24.3 Å². The lowest BCUT2D eigenvalue weighted by atomic mass is 9.90. The van der Waals surface area contributed by atoms with E-state index in [0.717, 1.165) is 5.56 Å². The number of carboxylic acids is 1. The fourth-order valence-corrected chi connectivity index (χ4v) is 1.95. The Bertz CT molecular complexity index is 552. The highest BCUT2D eigenvalue weighted by molar-refractivity contribution is 5.80. The fourth-order valence-electron chi connectivity index (χ4n) is 1.95. The van der Waals surface area contributed by atoms with Gasteiger partial charge >= 0.3 is 5.97 Å². The SMILES string of the molecule is CC(Oc1cccc(C(C)C)c1)C(=O)NCCC(C)(C)C(=O)O. The van der Waals surface area contributed by atoms with E-state index in [2.05, 4.69) is 19.2 Å². The molecule has 1 aromatic rings. The molecule has 0 spiro atoms. The maximum absolute atomic E-state index is 12.0. The van der Waals surface area contributed by atoms with Crippen LogP contribution in [0.1, 0.15) is 52.5 Å². The molecule has 0 aromatic heterocycles. The molecule has 0 radical (unpaired) electrons. The van der Waals surface area contributed by atoms with Crippen molar-refractivity contribution >= 4 is 11.9 Å². The Morgan fingerprint density at radius 1 is 1.26 bits per heavy atom. The van der Waals surface area contributed by atoms with E-state index < -0.39 is 17.5 Å². The van der Waals surface area contributed by atoms with Gasteiger partial charge in [-0.2, -0.15) is 0 Å². The normalized spacial score (nSPS) is 12.8. The second-order valence-corrected chi connectivity index (χ2v) is 6.72. The van der Waals surface area contributed by atoms with E-state index in [9.17, 15) is 9.59 Å². The zero-order valence-corrected chi connectivity index (χ0v) is 14.6. The standard InChI is InChI=1S/C18H27NO4/c1-12(2)14-7-6-8-15(11-14)23-13(3)16(20)19-10-9-18(4,5)17(21)22/h6-8,11-13H,9-10H2,1-5H3,(H,19,20)(H,21,22). The molecule has 0 saturated carbocycles. The average Bonchev–Trinajstić information content (AvgIpc) is 2.46. The number of hydrogen-bond acceptors (Lipinski definition) is 3. The molecular weight excluding hydrogens is 294 g/mol. The second kappa shape index (κ2) is 7.99. The van der Waals surface area contributed by atoms with Crippen LogP contribution >= 0.6 is 0 Å². The summed E-state index contributed by atoms with van der Waals surface area (Å²) in [6.45, 7) is 9.45. The van der Waals surface area contributed by atoms with Gasteiger partial charge in [-0.05, 0) is 50.8 Å². The Morgan fingerprint density at radius 2 is 1.91 bits per heavy atom. The number of hydrogen-bond donors (Lipinski definition) is 2. The lowest BCUT2D eigenvalue weighted by molar-refractivity contribution is -0.147. The Labute approximate surface area is 138 Å². The van der Waals surface area contributed by atoms with Crippen LogP contribution in [0.25, 0.3) is 0 Å². The van der Waals surface area contributed by atoms with Crippen molar-refractivity contribution < 1.29 is 19.4 Å². The molecule has 1 rings (SSSR count). The molecule has 128 valence electrons. The lowest BCUT2D eigenvalue weighted by Gasteiger charge is -2.20. The van der Waals surface area contributed by atoms with Gasteiger partial charge in [0, 0.05) is 6.54 Å². The third-order valence-corrected chi connectivity index (χ3v) is 3.84.